The number of phenols is 2. The predicted octanol–water partition coefficient (Wildman–Crippen LogP) is 5.79. The molecule has 2 aliphatic heterocycles. The van der Waals surface area contributed by atoms with E-state index in [0.717, 1.165) is 47.0 Å². The zero-order valence-corrected chi connectivity index (χ0v) is 20.4. The number of hydrogen-bond donors (Lipinski definition) is 2. The zero-order chi connectivity index (χ0) is 24.4. The maximum atomic E-state index is 9.95. The second kappa shape index (κ2) is 10.2. The summed E-state index contributed by atoms with van der Waals surface area (Å²) in [6, 6.07) is 20.9. The zero-order valence-electron chi connectivity index (χ0n) is 19.6. The molecule has 0 aromatic heterocycles. The van der Waals surface area contributed by atoms with Crippen LogP contribution in [0.2, 0.25) is 0 Å². The largest absolute Gasteiger partial charge is 0.508 e. The molecule has 2 heterocycles. The molecule has 6 heteroatoms. The summed E-state index contributed by atoms with van der Waals surface area (Å²) in [5.41, 5.74) is 2.07. The van der Waals surface area contributed by atoms with Gasteiger partial charge < -0.3 is 19.7 Å². The third-order valence-corrected chi connectivity index (χ3v) is 8.23. The Kier molecular flexibility index (Phi) is 6.81. The number of terminal acetylenes is 1. The van der Waals surface area contributed by atoms with Gasteiger partial charge >= 0.3 is 0 Å². The Labute approximate surface area is 210 Å². The van der Waals surface area contributed by atoms with E-state index >= 15 is 0 Å². The molecule has 4 atom stereocenters. The second-order valence-corrected chi connectivity index (χ2v) is 10.2. The maximum Gasteiger partial charge on any atom is 0.140 e. The Balaban J connectivity index is 1.30. The molecule has 1 fully saturated rings. The van der Waals surface area contributed by atoms with Crippen molar-refractivity contribution < 1.29 is 19.7 Å². The van der Waals surface area contributed by atoms with Gasteiger partial charge in [0.1, 0.15) is 35.7 Å². The fourth-order valence-electron chi connectivity index (χ4n) is 4.81. The van der Waals surface area contributed by atoms with Crippen LogP contribution in [0.15, 0.2) is 71.6 Å². The van der Waals surface area contributed by atoms with Crippen LogP contribution in [-0.2, 0) is 0 Å². The van der Waals surface area contributed by atoms with Crippen molar-refractivity contribution in [3.8, 4) is 35.3 Å². The molecule has 0 amide bonds. The van der Waals surface area contributed by atoms with Crippen molar-refractivity contribution in [2.24, 2.45) is 5.92 Å². The first kappa shape index (κ1) is 23.5. The number of likely N-dealkylation sites (tertiary alicyclic amines) is 1. The van der Waals surface area contributed by atoms with Crippen LogP contribution < -0.4 is 9.47 Å². The lowest BCUT2D eigenvalue weighted by molar-refractivity contribution is 0.189. The summed E-state index contributed by atoms with van der Waals surface area (Å²) in [5.74, 6) is 5.24. The van der Waals surface area contributed by atoms with Crippen LogP contribution in [-0.4, -0.2) is 40.9 Å². The maximum absolute atomic E-state index is 9.95. The number of fused-ring (bicyclic) bond motifs is 1. The predicted molar refractivity (Wildman–Crippen MR) is 138 cm³/mol. The number of rotatable bonds is 6. The molecule has 2 N–H and O–H groups in total. The fraction of sp³-hybridized carbons (Fsp3) is 0.310. The van der Waals surface area contributed by atoms with Gasteiger partial charge in [0.2, 0.25) is 0 Å². The van der Waals surface area contributed by atoms with Gasteiger partial charge in [-0.2, -0.15) is 0 Å². The van der Waals surface area contributed by atoms with E-state index in [2.05, 4.69) is 17.7 Å². The molecule has 35 heavy (non-hydrogen) atoms. The van der Waals surface area contributed by atoms with Gasteiger partial charge in [-0.25, -0.2) is 0 Å². The van der Waals surface area contributed by atoms with Crippen LogP contribution in [0, 0.1) is 18.3 Å². The average Bonchev–Trinajstić information content (AvgIpc) is 3.23. The van der Waals surface area contributed by atoms with Gasteiger partial charge in [-0.3, -0.25) is 4.90 Å². The van der Waals surface area contributed by atoms with Gasteiger partial charge in [-0.1, -0.05) is 24.3 Å². The number of benzene rings is 3. The third-order valence-electron chi connectivity index (χ3n) is 6.89. The third kappa shape index (κ3) is 5.07. The second-order valence-electron chi connectivity index (χ2n) is 9.06. The Hall–Kier alpha value is -3.27. The van der Waals surface area contributed by atoms with Crippen molar-refractivity contribution in [3.05, 3.63) is 77.9 Å². The van der Waals surface area contributed by atoms with Crippen LogP contribution in [0.1, 0.15) is 35.8 Å². The van der Waals surface area contributed by atoms with Gasteiger partial charge in [0.15, 0.2) is 0 Å². The number of nitrogens with zero attached hydrogens (tertiary/aromatic N) is 1. The minimum absolute atomic E-state index is 0.0441. The Morgan fingerprint density at radius 2 is 1.74 bits per heavy atom. The molecule has 3 aromatic rings. The molecule has 0 saturated carbocycles. The summed E-state index contributed by atoms with van der Waals surface area (Å²) in [5, 5.41) is 19.6. The number of phenolic OH excluding ortho intramolecular Hbond substituents is 2. The molecule has 180 valence electrons. The minimum Gasteiger partial charge on any atom is -0.508 e. The van der Waals surface area contributed by atoms with Crippen LogP contribution in [0.3, 0.4) is 0 Å². The SMILES string of the molecule is C#C[C@H]1CCN(CCOc2ccc([C@@H]3Oc4ccc(O)cc4S[C@@H]3c3ccc(O)cc3)cc2)[C@@H]1C. The highest BCUT2D eigenvalue weighted by molar-refractivity contribution is 7.99. The normalized spacial score (nSPS) is 23.8. The summed E-state index contributed by atoms with van der Waals surface area (Å²) < 4.78 is 12.5. The first-order valence-electron chi connectivity index (χ1n) is 11.9. The lowest BCUT2D eigenvalue weighted by Gasteiger charge is -2.34. The Bertz CT molecular complexity index is 1200. The van der Waals surface area contributed by atoms with E-state index in [1.165, 1.54) is 0 Å². The quantitative estimate of drug-likeness (QED) is 0.430. The van der Waals surface area contributed by atoms with Crippen LogP contribution in [0.5, 0.6) is 23.0 Å². The molecular formula is C29H29NO4S. The first-order chi connectivity index (χ1) is 17.0. The van der Waals surface area contributed by atoms with E-state index in [9.17, 15) is 10.2 Å². The molecule has 0 unspecified atom stereocenters. The average molecular weight is 488 g/mol. The van der Waals surface area contributed by atoms with Crippen molar-refractivity contribution in [3.63, 3.8) is 0 Å². The van der Waals surface area contributed by atoms with Gasteiger partial charge in [-0.15, -0.1) is 24.1 Å². The molecule has 0 spiro atoms. The molecule has 2 aliphatic rings. The summed E-state index contributed by atoms with van der Waals surface area (Å²) in [4.78, 5) is 3.28. The van der Waals surface area contributed by atoms with Gasteiger partial charge in [0.25, 0.3) is 0 Å². The van der Waals surface area contributed by atoms with E-state index < -0.39 is 0 Å². The highest BCUT2D eigenvalue weighted by Gasteiger charge is 2.34. The minimum atomic E-state index is -0.234. The van der Waals surface area contributed by atoms with Crippen LogP contribution in [0.25, 0.3) is 0 Å². The highest BCUT2D eigenvalue weighted by atomic mass is 32.2. The van der Waals surface area contributed by atoms with Crippen LogP contribution in [0.4, 0.5) is 0 Å². The molecule has 0 radical (unpaired) electrons. The molecule has 5 rings (SSSR count). The number of ether oxygens (including phenoxy) is 2. The van der Waals surface area contributed by atoms with E-state index in [-0.39, 0.29) is 22.9 Å². The van der Waals surface area contributed by atoms with Crippen molar-refractivity contribution in [1.29, 1.82) is 0 Å². The van der Waals surface area contributed by atoms with Gasteiger partial charge in [0, 0.05) is 18.5 Å². The Morgan fingerprint density at radius 3 is 2.46 bits per heavy atom. The van der Waals surface area contributed by atoms with Gasteiger partial charge in [-0.05, 0) is 73.5 Å². The summed E-state index contributed by atoms with van der Waals surface area (Å²) in [7, 11) is 0. The van der Waals surface area contributed by atoms with Crippen molar-refractivity contribution in [1.82, 2.24) is 4.90 Å². The molecule has 3 aromatic carbocycles. The van der Waals surface area contributed by atoms with E-state index in [1.54, 1.807) is 42.1 Å². The number of thioether (sulfide) groups is 1. The lowest BCUT2D eigenvalue weighted by atomic mass is 10.00. The summed E-state index contributed by atoms with van der Waals surface area (Å²) in [6.45, 7) is 4.69. The van der Waals surface area contributed by atoms with E-state index in [4.69, 9.17) is 15.9 Å². The van der Waals surface area contributed by atoms with Gasteiger partial charge in [0.05, 0.1) is 10.1 Å². The van der Waals surface area contributed by atoms with Crippen molar-refractivity contribution in [2.45, 2.75) is 35.6 Å². The number of hydrogen-bond acceptors (Lipinski definition) is 6. The van der Waals surface area contributed by atoms with Crippen molar-refractivity contribution >= 4 is 11.8 Å². The fourth-order valence-corrected chi connectivity index (χ4v) is 6.13. The summed E-state index contributed by atoms with van der Waals surface area (Å²) in [6.07, 6.45) is 6.44. The monoisotopic (exact) mass is 487 g/mol. The highest BCUT2D eigenvalue weighted by Crippen LogP contribution is 2.54. The molecule has 0 bridgehead atoms. The molecule has 5 nitrogen and oxygen atoms in total. The number of aromatic hydroxyl groups is 2. The van der Waals surface area contributed by atoms with E-state index in [1.807, 2.05) is 36.4 Å². The first-order valence-corrected chi connectivity index (χ1v) is 12.8. The van der Waals surface area contributed by atoms with E-state index in [0.29, 0.717) is 18.6 Å². The smallest absolute Gasteiger partial charge is 0.140 e. The topological polar surface area (TPSA) is 62.2 Å². The molecule has 0 aliphatic carbocycles. The summed E-state index contributed by atoms with van der Waals surface area (Å²) >= 11 is 1.65. The standard InChI is InChI=1S/C29H29NO4S/c1-3-20-14-15-30(19(20)2)16-17-33-25-11-6-21(7-12-25)28-29(22-4-8-23(31)9-5-22)35-27-18-24(32)10-13-26(27)34-28/h1,4-13,18-20,28-29,31-32H,14-17H2,2H3/t19-,20+,28+,29-/m1/s1. The molecule has 1 saturated heterocycles. The Morgan fingerprint density at radius 1 is 1.03 bits per heavy atom. The molecular weight excluding hydrogens is 458 g/mol. The van der Waals surface area contributed by atoms with Crippen LogP contribution >= 0.6 is 11.8 Å². The lowest BCUT2D eigenvalue weighted by Crippen LogP contribution is -2.33. The van der Waals surface area contributed by atoms with Crippen molar-refractivity contribution in [2.75, 3.05) is 19.7 Å².